The van der Waals surface area contributed by atoms with Crippen LogP contribution in [0.25, 0.3) is 0 Å². The molecule has 1 aliphatic carbocycles. The molecule has 6 nitrogen and oxygen atoms in total. The van der Waals surface area contributed by atoms with Crippen LogP contribution in [0.5, 0.6) is 11.5 Å². The second kappa shape index (κ2) is 8.06. The summed E-state index contributed by atoms with van der Waals surface area (Å²) in [6, 6.07) is 4.81. The molecule has 0 bridgehead atoms. The Morgan fingerprint density at radius 2 is 1.65 bits per heavy atom. The summed E-state index contributed by atoms with van der Waals surface area (Å²) >= 11 is 0. The van der Waals surface area contributed by atoms with Crippen LogP contribution in [0.15, 0.2) is 18.2 Å². The fourth-order valence-electron chi connectivity index (χ4n) is 2.86. The standard InChI is InChI=1S/C17H26N2O4/c1-22-14-9-13(10-15(11-14)23-2)19-16(20)18-12-17(21)7-5-3-4-6-8-17/h9-11,21H,3-8,12H2,1-2H3,(H2,18,19,20). The Kier molecular flexibility index (Phi) is 6.10. The van der Waals surface area contributed by atoms with Crippen molar-refractivity contribution in [2.45, 2.75) is 44.1 Å². The highest BCUT2D eigenvalue weighted by Gasteiger charge is 2.28. The summed E-state index contributed by atoms with van der Waals surface area (Å²) in [5.74, 6) is 1.20. The van der Waals surface area contributed by atoms with Crippen LogP contribution in [0.2, 0.25) is 0 Å². The highest BCUT2D eigenvalue weighted by molar-refractivity contribution is 5.89. The molecule has 0 spiro atoms. The maximum atomic E-state index is 12.1. The molecule has 1 aliphatic rings. The van der Waals surface area contributed by atoms with Crippen molar-refractivity contribution in [1.82, 2.24) is 5.32 Å². The van der Waals surface area contributed by atoms with Gasteiger partial charge >= 0.3 is 6.03 Å². The lowest BCUT2D eigenvalue weighted by Crippen LogP contribution is -2.44. The second-order valence-corrected chi connectivity index (χ2v) is 6.05. The SMILES string of the molecule is COc1cc(NC(=O)NCC2(O)CCCCCC2)cc(OC)c1. The van der Waals surface area contributed by atoms with Gasteiger partial charge in [0.05, 0.1) is 19.8 Å². The number of amides is 2. The van der Waals surface area contributed by atoms with Gasteiger partial charge < -0.3 is 25.2 Å². The summed E-state index contributed by atoms with van der Waals surface area (Å²) in [5.41, 5.74) is -0.216. The molecule has 1 aromatic rings. The summed E-state index contributed by atoms with van der Waals surface area (Å²) in [6.07, 6.45) is 5.79. The van der Waals surface area contributed by atoms with Crippen LogP contribution in [0.4, 0.5) is 10.5 Å². The van der Waals surface area contributed by atoms with E-state index in [2.05, 4.69) is 10.6 Å². The van der Waals surface area contributed by atoms with E-state index in [1.165, 1.54) is 0 Å². The number of rotatable bonds is 5. The van der Waals surface area contributed by atoms with Crippen LogP contribution in [0, 0.1) is 0 Å². The zero-order chi connectivity index (χ0) is 16.7. The number of carbonyl (C=O) groups excluding carboxylic acids is 1. The van der Waals surface area contributed by atoms with Crippen LogP contribution >= 0.6 is 0 Å². The highest BCUT2D eigenvalue weighted by atomic mass is 16.5. The van der Waals surface area contributed by atoms with Crippen LogP contribution < -0.4 is 20.1 Å². The van der Waals surface area contributed by atoms with Gasteiger partial charge in [-0.05, 0) is 12.8 Å². The van der Waals surface area contributed by atoms with E-state index in [1.54, 1.807) is 32.4 Å². The van der Waals surface area contributed by atoms with Crippen molar-refractivity contribution < 1.29 is 19.4 Å². The van der Waals surface area contributed by atoms with Gasteiger partial charge in [0, 0.05) is 30.4 Å². The molecule has 0 heterocycles. The molecule has 23 heavy (non-hydrogen) atoms. The molecule has 0 atom stereocenters. The number of urea groups is 1. The Hall–Kier alpha value is -1.95. The zero-order valence-electron chi connectivity index (χ0n) is 13.9. The van der Waals surface area contributed by atoms with Crippen molar-refractivity contribution in [2.75, 3.05) is 26.1 Å². The van der Waals surface area contributed by atoms with Gasteiger partial charge in [-0.1, -0.05) is 25.7 Å². The minimum atomic E-state index is -0.792. The maximum absolute atomic E-state index is 12.1. The molecule has 3 N–H and O–H groups in total. The molecule has 128 valence electrons. The molecule has 2 rings (SSSR count). The number of hydrogen-bond acceptors (Lipinski definition) is 4. The molecular formula is C17H26N2O4. The lowest BCUT2D eigenvalue weighted by atomic mass is 9.95. The molecule has 1 saturated carbocycles. The van der Waals surface area contributed by atoms with Crippen LogP contribution in [-0.2, 0) is 0 Å². The second-order valence-electron chi connectivity index (χ2n) is 6.05. The number of hydrogen-bond donors (Lipinski definition) is 3. The minimum Gasteiger partial charge on any atom is -0.497 e. The van der Waals surface area contributed by atoms with E-state index in [9.17, 15) is 9.90 Å². The topological polar surface area (TPSA) is 79.8 Å². The first-order valence-corrected chi connectivity index (χ1v) is 8.05. The average molecular weight is 322 g/mol. The number of benzene rings is 1. The predicted molar refractivity (Wildman–Crippen MR) is 89.2 cm³/mol. The Labute approximate surface area is 137 Å². The van der Waals surface area contributed by atoms with E-state index in [4.69, 9.17) is 9.47 Å². The Bertz CT molecular complexity index is 503. The van der Waals surface area contributed by atoms with Crippen LogP contribution in [0.3, 0.4) is 0 Å². The third-order valence-corrected chi connectivity index (χ3v) is 4.22. The van der Waals surface area contributed by atoms with Crippen molar-refractivity contribution in [3.63, 3.8) is 0 Å². The number of ether oxygens (including phenoxy) is 2. The quantitative estimate of drug-likeness (QED) is 0.728. The van der Waals surface area contributed by atoms with Gasteiger partial charge in [-0.3, -0.25) is 0 Å². The largest absolute Gasteiger partial charge is 0.497 e. The number of methoxy groups -OCH3 is 2. The number of carbonyl (C=O) groups is 1. The van der Waals surface area contributed by atoms with E-state index in [1.807, 2.05) is 0 Å². The van der Waals surface area contributed by atoms with E-state index in [0.29, 0.717) is 17.2 Å². The molecule has 0 radical (unpaired) electrons. The molecule has 0 aromatic heterocycles. The van der Waals surface area contributed by atoms with Gasteiger partial charge in [-0.2, -0.15) is 0 Å². The normalized spacial score (nSPS) is 17.0. The number of aliphatic hydroxyl groups is 1. The third kappa shape index (κ3) is 5.32. The Balaban J connectivity index is 1.91. The van der Waals surface area contributed by atoms with Gasteiger partial charge in [0.15, 0.2) is 0 Å². The molecule has 1 aromatic carbocycles. The summed E-state index contributed by atoms with van der Waals surface area (Å²) in [5, 5.41) is 16.1. The molecule has 0 saturated heterocycles. The lowest BCUT2D eigenvalue weighted by molar-refractivity contribution is 0.0281. The first-order valence-electron chi connectivity index (χ1n) is 8.05. The van der Waals surface area contributed by atoms with Crippen molar-refractivity contribution in [3.05, 3.63) is 18.2 Å². The monoisotopic (exact) mass is 322 g/mol. The molecule has 6 heteroatoms. The van der Waals surface area contributed by atoms with Crippen LogP contribution in [0.1, 0.15) is 38.5 Å². The Morgan fingerprint density at radius 3 is 2.17 bits per heavy atom. The summed E-state index contributed by atoms with van der Waals surface area (Å²) in [7, 11) is 3.11. The van der Waals surface area contributed by atoms with Crippen LogP contribution in [-0.4, -0.2) is 37.5 Å². The smallest absolute Gasteiger partial charge is 0.319 e. The van der Waals surface area contributed by atoms with Gasteiger partial charge in [-0.25, -0.2) is 4.79 Å². The van der Waals surface area contributed by atoms with E-state index in [0.717, 1.165) is 38.5 Å². The average Bonchev–Trinajstić information content (AvgIpc) is 2.77. The van der Waals surface area contributed by atoms with Crippen molar-refractivity contribution in [2.24, 2.45) is 0 Å². The fraction of sp³-hybridized carbons (Fsp3) is 0.588. The van der Waals surface area contributed by atoms with Crippen molar-refractivity contribution in [3.8, 4) is 11.5 Å². The van der Waals surface area contributed by atoms with E-state index < -0.39 is 5.60 Å². The van der Waals surface area contributed by atoms with Gasteiger partial charge in [0.1, 0.15) is 11.5 Å². The molecule has 0 aliphatic heterocycles. The van der Waals surface area contributed by atoms with E-state index in [-0.39, 0.29) is 12.6 Å². The van der Waals surface area contributed by atoms with Gasteiger partial charge in [0.25, 0.3) is 0 Å². The third-order valence-electron chi connectivity index (χ3n) is 4.22. The zero-order valence-corrected chi connectivity index (χ0v) is 13.9. The van der Waals surface area contributed by atoms with Gasteiger partial charge in [-0.15, -0.1) is 0 Å². The van der Waals surface area contributed by atoms with Gasteiger partial charge in [0.2, 0.25) is 0 Å². The fourth-order valence-corrected chi connectivity index (χ4v) is 2.86. The lowest BCUT2D eigenvalue weighted by Gasteiger charge is -2.26. The maximum Gasteiger partial charge on any atom is 0.319 e. The van der Waals surface area contributed by atoms with Crippen molar-refractivity contribution in [1.29, 1.82) is 0 Å². The highest BCUT2D eigenvalue weighted by Crippen LogP contribution is 2.27. The molecule has 2 amide bonds. The molecule has 1 fully saturated rings. The first-order chi connectivity index (χ1) is 11.0. The summed E-state index contributed by atoms with van der Waals surface area (Å²) in [4.78, 5) is 12.1. The summed E-state index contributed by atoms with van der Waals surface area (Å²) < 4.78 is 10.3. The summed E-state index contributed by atoms with van der Waals surface area (Å²) in [6.45, 7) is 0.264. The predicted octanol–water partition coefficient (Wildman–Crippen LogP) is 2.91. The number of anilines is 1. The van der Waals surface area contributed by atoms with Crippen molar-refractivity contribution >= 4 is 11.7 Å². The molecular weight excluding hydrogens is 296 g/mol. The minimum absolute atomic E-state index is 0.264. The Morgan fingerprint density at radius 1 is 1.09 bits per heavy atom. The number of nitrogens with one attached hydrogen (secondary N) is 2. The molecule has 0 unspecified atom stereocenters. The van der Waals surface area contributed by atoms with E-state index >= 15 is 0 Å². The first kappa shape index (κ1) is 17.4.